The van der Waals surface area contributed by atoms with E-state index in [1.165, 1.54) is 0 Å². The van der Waals surface area contributed by atoms with Crippen LogP contribution in [0.5, 0.6) is 0 Å². The van der Waals surface area contributed by atoms with Crippen molar-refractivity contribution in [3.05, 3.63) is 36.0 Å². The zero-order valence-electron chi connectivity index (χ0n) is 6.95. The number of carbonyl (C=O) groups is 1. The average molecular weight is 163 g/mol. The van der Waals surface area contributed by atoms with Crippen molar-refractivity contribution in [2.45, 2.75) is 13.3 Å². The van der Waals surface area contributed by atoms with Gasteiger partial charge >= 0.3 is 0 Å². The third kappa shape index (κ3) is 2.05. The molecule has 1 rings (SSSR count). The van der Waals surface area contributed by atoms with E-state index in [1.54, 1.807) is 12.3 Å². The van der Waals surface area contributed by atoms with E-state index in [9.17, 15) is 4.79 Å². The van der Waals surface area contributed by atoms with Gasteiger partial charge in [0.1, 0.15) is 5.69 Å². The maximum atomic E-state index is 10.7. The minimum atomic E-state index is -0.485. The molecule has 0 saturated heterocycles. The number of aromatic nitrogens is 1. The largest absolute Gasteiger partial charge is 0.364 e. The first kappa shape index (κ1) is 8.71. The van der Waals surface area contributed by atoms with E-state index in [2.05, 4.69) is 4.98 Å². The predicted molar refractivity (Wildman–Crippen MR) is 46.4 cm³/mol. The first-order chi connectivity index (χ1) is 5.74. The second kappa shape index (κ2) is 3.85. The van der Waals surface area contributed by atoms with Crippen molar-refractivity contribution in [3.8, 4) is 0 Å². The van der Waals surface area contributed by atoms with Crippen LogP contribution in [0.25, 0.3) is 0 Å². The van der Waals surface area contributed by atoms with E-state index < -0.39 is 5.91 Å². The first-order valence-corrected chi connectivity index (χ1v) is 3.83. The van der Waals surface area contributed by atoms with E-state index in [0.29, 0.717) is 5.69 Å². The Morgan fingerprint density at radius 2 is 2.50 bits per heavy atom. The molecule has 12 heavy (non-hydrogen) atoms. The van der Waals surface area contributed by atoms with Crippen molar-refractivity contribution >= 4 is 5.91 Å². The number of amides is 1. The van der Waals surface area contributed by atoms with Crippen LogP contribution < -0.4 is 5.73 Å². The van der Waals surface area contributed by atoms with Crippen LogP contribution in [0, 0.1) is 6.42 Å². The Bertz CT molecular complexity index is 284. The third-order valence-corrected chi connectivity index (χ3v) is 1.48. The molecule has 1 radical (unpaired) electrons. The molecule has 1 aromatic heterocycles. The lowest BCUT2D eigenvalue weighted by atomic mass is 10.1. The zero-order chi connectivity index (χ0) is 8.97. The Labute approximate surface area is 71.6 Å². The summed E-state index contributed by atoms with van der Waals surface area (Å²) in [4.78, 5) is 14.5. The molecule has 1 heterocycles. The second-order valence-corrected chi connectivity index (χ2v) is 2.45. The first-order valence-electron chi connectivity index (χ1n) is 3.83. The molecule has 0 saturated carbocycles. The quantitative estimate of drug-likeness (QED) is 0.726. The van der Waals surface area contributed by atoms with Gasteiger partial charge in [0.15, 0.2) is 0 Å². The minimum absolute atomic E-state index is 0.317. The molecular weight excluding hydrogens is 152 g/mol. The monoisotopic (exact) mass is 163 g/mol. The highest BCUT2D eigenvalue weighted by Gasteiger charge is 2.01. The van der Waals surface area contributed by atoms with Crippen molar-refractivity contribution in [2.24, 2.45) is 5.73 Å². The Balaban J connectivity index is 2.88. The number of nitrogens with zero attached hydrogens (tertiary/aromatic N) is 1. The predicted octanol–water partition coefficient (Wildman–Crippen LogP) is 1.14. The highest BCUT2D eigenvalue weighted by molar-refractivity contribution is 5.90. The van der Waals surface area contributed by atoms with Gasteiger partial charge in [0.25, 0.3) is 5.91 Å². The minimum Gasteiger partial charge on any atom is -0.364 e. The van der Waals surface area contributed by atoms with Crippen LogP contribution in [0.1, 0.15) is 29.4 Å². The number of carbonyl (C=O) groups excluding carboxylic acids is 1. The van der Waals surface area contributed by atoms with Gasteiger partial charge < -0.3 is 5.73 Å². The fourth-order valence-corrected chi connectivity index (χ4v) is 0.944. The fraction of sp³-hybridized carbons (Fsp3) is 0.222. The molecule has 0 bridgehead atoms. The smallest absolute Gasteiger partial charge is 0.267 e. The Hall–Kier alpha value is -1.38. The van der Waals surface area contributed by atoms with Gasteiger partial charge in [-0.1, -0.05) is 6.92 Å². The van der Waals surface area contributed by atoms with E-state index in [-0.39, 0.29) is 0 Å². The van der Waals surface area contributed by atoms with Crippen LogP contribution in [0.3, 0.4) is 0 Å². The van der Waals surface area contributed by atoms with Crippen LogP contribution in [0.4, 0.5) is 0 Å². The summed E-state index contributed by atoms with van der Waals surface area (Å²) in [6, 6.07) is 3.53. The van der Waals surface area contributed by atoms with Crippen LogP contribution in [0.2, 0.25) is 0 Å². The lowest BCUT2D eigenvalue weighted by molar-refractivity contribution is 0.0995. The molecule has 0 aromatic carbocycles. The molecule has 0 aliphatic rings. The molecule has 0 atom stereocenters. The van der Waals surface area contributed by atoms with E-state index in [0.717, 1.165) is 12.0 Å². The van der Waals surface area contributed by atoms with Crippen LogP contribution in [-0.4, -0.2) is 10.9 Å². The Kier molecular flexibility index (Phi) is 2.80. The standard InChI is InChI=1S/C9H11N2O/c1-2-3-7-4-5-11-8(6-7)9(10)12/h3-6H,2H2,1H3,(H2,10,12). The fourth-order valence-electron chi connectivity index (χ4n) is 0.944. The van der Waals surface area contributed by atoms with Crippen molar-refractivity contribution in [1.29, 1.82) is 0 Å². The lowest BCUT2D eigenvalue weighted by Crippen LogP contribution is -2.12. The van der Waals surface area contributed by atoms with Crippen LogP contribution >= 0.6 is 0 Å². The summed E-state index contributed by atoms with van der Waals surface area (Å²) in [5.74, 6) is -0.485. The lowest BCUT2D eigenvalue weighted by Gasteiger charge is -1.98. The molecule has 0 spiro atoms. The maximum Gasteiger partial charge on any atom is 0.267 e. The Morgan fingerprint density at radius 3 is 3.08 bits per heavy atom. The van der Waals surface area contributed by atoms with E-state index >= 15 is 0 Å². The van der Waals surface area contributed by atoms with E-state index in [1.807, 2.05) is 19.4 Å². The van der Waals surface area contributed by atoms with Gasteiger partial charge in [-0.25, -0.2) is 0 Å². The van der Waals surface area contributed by atoms with Gasteiger partial charge in [-0.2, -0.15) is 0 Å². The van der Waals surface area contributed by atoms with Gasteiger partial charge in [0.05, 0.1) is 0 Å². The number of hydrogen-bond acceptors (Lipinski definition) is 2. The molecule has 0 aliphatic heterocycles. The molecule has 1 amide bonds. The summed E-state index contributed by atoms with van der Waals surface area (Å²) >= 11 is 0. The molecular formula is C9H11N2O. The molecule has 1 aromatic rings. The number of primary amides is 1. The second-order valence-electron chi connectivity index (χ2n) is 2.45. The van der Waals surface area contributed by atoms with Gasteiger partial charge in [-0.05, 0) is 30.5 Å². The number of rotatable bonds is 3. The number of nitrogens with two attached hydrogens (primary N) is 1. The van der Waals surface area contributed by atoms with E-state index in [4.69, 9.17) is 5.73 Å². The van der Waals surface area contributed by atoms with Crippen LogP contribution in [-0.2, 0) is 0 Å². The Morgan fingerprint density at radius 1 is 1.75 bits per heavy atom. The van der Waals surface area contributed by atoms with Gasteiger partial charge in [-0.15, -0.1) is 0 Å². The van der Waals surface area contributed by atoms with Crippen molar-refractivity contribution in [1.82, 2.24) is 4.98 Å². The van der Waals surface area contributed by atoms with Crippen molar-refractivity contribution in [3.63, 3.8) is 0 Å². The molecule has 63 valence electrons. The molecule has 2 N–H and O–H groups in total. The van der Waals surface area contributed by atoms with Crippen LogP contribution in [0.15, 0.2) is 18.3 Å². The summed E-state index contributed by atoms with van der Waals surface area (Å²) in [5, 5.41) is 0. The van der Waals surface area contributed by atoms with Gasteiger partial charge in [0.2, 0.25) is 0 Å². The summed E-state index contributed by atoms with van der Waals surface area (Å²) in [6.45, 7) is 2.03. The van der Waals surface area contributed by atoms with Gasteiger partial charge in [0, 0.05) is 6.20 Å². The summed E-state index contributed by atoms with van der Waals surface area (Å²) in [5.41, 5.74) is 6.37. The maximum absolute atomic E-state index is 10.7. The average Bonchev–Trinajstić information content (AvgIpc) is 2.05. The summed E-state index contributed by atoms with van der Waals surface area (Å²) in [6.07, 6.45) is 4.53. The zero-order valence-corrected chi connectivity index (χ0v) is 6.95. The summed E-state index contributed by atoms with van der Waals surface area (Å²) in [7, 11) is 0. The van der Waals surface area contributed by atoms with Crippen molar-refractivity contribution in [2.75, 3.05) is 0 Å². The number of pyridine rings is 1. The normalized spacial score (nSPS) is 9.75. The highest BCUT2D eigenvalue weighted by Crippen LogP contribution is 2.05. The highest BCUT2D eigenvalue weighted by atomic mass is 16.1. The molecule has 0 fully saturated rings. The SMILES string of the molecule is CC[CH]c1ccnc(C(N)=O)c1. The third-order valence-electron chi connectivity index (χ3n) is 1.48. The molecule has 0 aliphatic carbocycles. The summed E-state index contributed by atoms with van der Waals surface area (Å²) < 4.78 is 0. The number of hydrogen-bond donors (Lipinski definition) is 1. The van der Waals surface area contributed by atoms with Gasteiger partial charge in [-0.3, -0.25) is 9.78 Å². The van der Waals surface area contributed by atoms with Crippen molar-refractivity contribution < 1.29 is 4.79 Å². The molecule has 0 unspecified atom stereocenters. The molecule has 3 heteroatoms. The topological polar surface area (TPSA) is 56.0 Å². The molecule has 3 nitrogen and oxygen atoms in total.